The van der Waals surface area contributed by atoms with E-state index in [4.69, 9.17) is 11.6 Å². The SMILES string of the molecule is CC(C)CC(CN(C)C)Nc1cc(Cl)c(F)cc1[N+](=O)[O-]. The highest BCUT2D eigenvalue weighted by atomic mass is 35.5. The number of halogens is 2. The second-order valence-corrected chi connectivity index (χ2v) is 6.18. The molecule has 0 saturated carbocycles. The van der Waals surface area contributed by atoms with Crippen LogP contribution in [0.25, 0.3) is 0 Å². The van der Waals surface area contributed by atoms with Crippen LogP contribution in [0, 0.1) is 21.8 Å². The smallest absolute Gasteiger partial charge is 0.295 e. The molecule has 1 unspecified atom stereocenters. The van der Waals surface area contributed by atoms with E-state index in [0.29, 0.717) is 12.5 Å². The van der Waals surface area contributed by atoms with E-state index in [9.17, 15) is 14.5 Å². The third-order valence-electron chi connectivity index (χ3n) is 2.94. The molecule has 5 nitrogen and oxygen atoms in total. The molecule has 0 aliphatic carbocycles. The van der Waals surface area contributed by atoms with E-state index in [1.807, 2.05) is 19.0 Å². The Morgan fingerprint density at radius 2 is 2.05 bits per heavy atom. The second kappa shape index (κ2) is 7.56. The van der Waals surface area contributed by atoms with Crippen molar-refractivity contribution in [2.75, 3.05) is 26.0 Å². The predicted molar refractivity (Wildman–Crippen MR) is 83.5 cm³/mol. The zero-order valence-electron chi connectivity index (χ0n) is 12.7. The van der Waals surface area contributed by atoms with E-state index >= 15 is 0 Å². The molecule has 1 rings (SSSR count). The Labute approximate surface area is 129 Å². The standard InChI is InChI=1S/C14H21ClFN3O2/c1-9(2)5-10(8-18(3)4)17-13-6-11(15)12(16)7-14(13)19(20)21/h6-7,9-10,17H,5,8H2,1-4H3. The van der Waals surface area contributed by atoms with Crippen molar-refractivity contribution in [3.05, 3.63) is 33.1 Å². The van der Waals surface area contributed by atoms with Gasteiger partial charge in [-0.05, 0) is 32.5 Å². The van der Waals surface area contributed by atoms with Crippen molar-refractivity contribution < 1.29 is 9.31 Å². The van der Waals surface area contributed by atoms with E-state index in [-0.39, 0.29) is 22.4 Å². The van der Waals surface area contributed by atoms with Crippen molar-refractivity contribution in [1.29, 1.82) is 0 Å². The minimum Gasteiger partial charge on any atom is -0.375 e. The Morgan fingerprint density at radius 1 is 1.43 bits per heavy atom. The van der Waals surface area contributed by atoms with E-state index in [1.165, 1.54) is 6.07 Å². The first kappa shape index (κ1) is 17.7. The molecule has 0 aromatic heterocycles. The number of hydrogen-bond acceptors (Lipinski definition) is 4. The van der Waals surface area contributed by atoms with Crippen LogP contribution >= 0.6 is 11.6 Å². The quantitative estimate of drug-likeness (QED) is 0.614. The maximum Gasteiger partial charge on any atom is 0.295 e. The lowest BCUT2D eigenvalue weighted by atomic mass is 10.0. The first-order valence-electron chi connectivity index (χ1n) is 6.75. The van der Waals surface area contributed by atoms with Crippen LogP contribution in [0.4, 0.5) is 15.8 Å². The number of benzene rings is 1. The zero-order valence-corrected chi connectivity index (χ0v) is 13.4. The summed E-state index contributed by atoms with van der Waals surface area (Å²) in [5.41, 5.74) is -0.0525. The molecule has 0 spiro atoms. The van der Waals surface area contributed by atoms with Gasteiger partial charge in [0.15, 0.2) is 0 Å². The molecule has 0 fully saturated rings. The molecule has 1 atom stereocenters. The zero-order chi connectivity index (χ0) is 16.2. The largest absolute Gasteiger partial charge is 0.375 e. The van der Waals surface area contributed by atoms with Crippen LogP contribution in [0.15, 0.2) is 12.1 Å². The lowest BCUT2D eigenvalue weighted by Gasteiger charge is -2.25. The number of nitro benzene ring substituents is 1. The highest BCUT2D eigenvalue weighted by Gasteiger charge is 2.21. The van der Waals surface area contributed by atoms with E-state index in [1.54, 1.807) is 0 Å². The Hall–Kier alpha value is -1.40. The molecule has 118 valence electrons. The van der Waals surface area contributed by atoms with Crippen molar-refractivity contribution in [3.8, 4) is 0 Å². The number of hydrogen-bond donors (Lipinski definition) is 1. The van der Waals surface area contributed by atoms with Crippen LogP contribution in [-0.4, -0.2) is 36.5 Å². The maximum atomic E-state index is 13.4. The average molecular weight is 318 g/mol. The summed E-state index contributed by atoms with van der Waals surface area (Å²) in [7, 11) is 3.86. The highest BCUT2D eigenvalue weighted by molar-refractivity contribution is 6.31. The van der Waals surface area contributed by atoms with Gasteiger partial charge in [-0.3, -0.25) is 10.1 Å². The molecule has 0 heterocycles. The van der Waals surface area contributed by atoms with Gasteiger partial charge in [0.2, 0.25) is 0 Å². The van der Waals surface area contributed by atoms with Gasteiger partial charge in [-0.1, -0.05) is 25.4 Å². The fraction of sp³-hybridized carbons (Fsp3) is 0.571. The normalized spacial score (nSPS) is 12.8. The number of rotatable bonds is 7. The van der Waals surface area contributed by atoms with Gasteiger partial charge in [0, 0.05) is 12.6 Å². The minimum absolute atomic E-state index is 0.0141. The highest BCUT2D eigenvalue weighted by Crippen LogP contribution is 2.31. The van der Waals surface area contributed by atoms with E-state index < -0.39 is 10.7 Å². The van der Waals surface area contributed by atoms with Gasteiger partial charge in [0.1, 0.15) is 11.5 Å². The summed E-state index contributed by atoms with van der Waals surface area (Å²) in [4.78, 5) is 12.4. The predicted octanol–water partition coefficient (Wildman–Crippen LogP) is 3.78. The molecule has 0 radical (unpaired) electrons. The molecular formula is C14H21ClFN3O2. The number of nitrogens with one attached hydrogen (secondary N) is 1. The average Bonchev–Trinajstić information content (AvgIpc) is 2.31. The summed E-state index contributed by atoms with van der Waals surface area (Å²) >= 11 is 5.74. The lowest BCUT2D eigenvalue weighted by molar-refractivity contribution is -0.384. The van der Waals surface area contributed by atoms with Gasteiger partial charge in [0.05, 0.1) is 16.0 Å². The van der Waals surface area contributed by atoms with Gasteiger partial charge in [-0.2, -0.15) is 0 Å². The lowest BCUT2D eigenvalue weighted by Crippen LogP contribution is -2.33. The fourth-order valence-electron chi connectivity index (χ4n) is 2.21. The van der Waals surface area contributed by atoms with E-state index in [0.717, 1.165) is 12.5 Å². The van der Waals surface area contributed by atoms with Crippen LogP contribution in [0.5, 0.6) is 0 Å². The molecule has 0 aliphatic heterocycles. The van der Waals surface area contributed by atoms with Crippen LogP contribution in [0.3, 0.4) is 0 Å². The topological polar surface area (TPSA) is 58.4 Å². The van der Waals surface area contributed by atoms with Gasteiger partial charge in [0.25, 0.3) is 5.69 Å². The van der Waals surface area contributed by atoms with Crippen molar-refractivity contribution in [3.63, 3.8) is 0 Å². The Kier molecular flexibility index (Phi) is 6.36. The molecule has 1 N–H and O–H groups in total. The number of likely N-dealkylation sites (N-methyl/N-ethyl adjacent to an activating group) is 1. The third kappa shape index (κ3) is 5.47. The first-order chi connectivity index (χ1) is 9.70. The van der Waals surface area contributed by atoms with Crippen LogP contribution in [0.1, 0.15) is 20.3 Å². The minimum atomic E-state index is -0.790. The van der Waals surface area contributed by atoms with Crippen molar-refractivity contribution in [2.45, 2.75) is 26.3 Å². The van der Waals surface area contributed by atoms with Crippen LogP contribution < -0.4 is 5.32 Å². The molecule has 7 heteroatoms. The summed E-state index contributed by atoms with van der Waals surface area (Å²) in [5.74, 6) is -0.362. The summed E-state index contributed by atoms with van der Waals surface area (Å²) in [5, 5.41) is 14.1. The summed E-state index contributed by atoms with van der Waals surface area (Å²) < 4.78 is 13.4. The molecular weight excluding hydrogens is 297 g/mol. The Morgan fingerprint density at radius 3 is 2.52 bits per heavy atom. The molecule has 0 aliphatic rings. The maximum absolute atomic E-state index is 13.4. The second-order valence-electron chi connectivity index (χ2n) is 5.77. The molecule has 0 amide bonds. The number of nitrogens with zero attached hydrogens (tertiary/aromatic N) is 2. The van der Waals surface area contributed by atoms with Gasteiger partial charge in [-0.15, -0.1) is 0 Å². The van der Waals surface area contributed by atoms with Gasteiger partial charge in [-0.25, -0.2) is 4.39 Å². The van der Waals surface area contributed by atoms with Crippen LogP contribution in [0.2, 0.25) is 5.02 Å². The van der Waals surface area contributed by atoms with Gasteiger partial charge >= 0.3 is 0 Å². The first-order valence-corrected chi connectivity index (χ1v) is 7.13. The molecule has 1 aromatic carbocycles. The fourth-order valence-corrected chi connectivity index (χ4v) is 2.38. The molecule has 1 aromatic rings. The van der Waals surface area contributed by atoms with Crippen LogP contribution in [-0.2, 0) is 0 Å². The Balaban J connectivity index is 3.06. The van der Waals surface area contributed by atoms with Crippen molar-refractivity contribution >= 4 is 23.0 Å². The summed E-state index contributed by atoms with van der Waals surface area (Å²) in [6, 6.07) is 2.14. The summed E-state index contributed by atoms with van der Waals surface area (Å²) in [6.07, 6.45) is 0.838. The van der Waals surface area contributed by atoms with Crippen molar-refractivity contribution in [2.24, 2.45) is 5.92 Å². The monoisotopic (exact) mass is 317 g/mol. The van der Waals surface area contributed by atoms with E-state index in [2.05, 4.69) is 19.2 Å². The third-order valence-corrected chi connectivity index (χ3v) is 3.23. The molecule has 0 bridgehead atoms. The number of anilines is 1. The number of nitro groups is 1. The molecule has 0 saturated heterocycles. The Bertz CT molecular complexity index is 499. The molecule has 21 heavy (non-hydrogen) atoms. The summed E-state index contributed by atoms with van der Waals surface area (Å²) in [6.45, 7) is 4.87. The van der Waals surface area contributed by atoms with Crippen molar-refractivity contribution in [1.82, 2.24) is 4.90 Å². The van der Waals surface area contributed by atoms with Gasteiger partial charge < -0.3 is 10.2 Å².